The molecule has 0 bridgehead atoms. The molecular formula is C10H24N2O2S. The molecule has 0 saturated heterocycles. The molecule has 0 radical (unpaired) electrons. The van der Waals surface area contributed by atoms with Crippen molar-refractivity contribution in [2.75, 3.05) is 18.8 Å². The van der Waals surface area contributed by atoms with Crippen LogP contribution < -0.4 is 10.0 Å². The van der Waals surface area contributed by atoms with Crippen molar-refractivity contribution < 1.29 is 8.42 Å². The van der Waals surface area contributed by atoms with Crippen LogP contribution in [-0.4, -0.2) is 33.3 Å². The van der Waals surface area contributed by atoms with Crippen LogP contribution in [0.15, 0.2) is 0 Å². The van der Waals surface area contributed by atoms with Crippen molar-refractivity contribution in [3.8, 4) is 0 Å². The fourth-order valence-electron chi connectivity index (χ4n) is 1.04. The highest BCUT2D eigenvalue weighted by molar-refractivity contribution is 7.89. The highest BCUT2D eigenvalue weighted by Gasteiger charge is 2.15. The third-order valence-corrected chi connectivity index (χ3v) is 3.94. The Kier molecular flexibility index (Phi) is 7.13. The molecule has 0 aromatic rings. The summed E-state index contributed by atoms with van der Waals surface area (Å²) in [6, 6.07) is 0.00846. The summed E-state index contributed by atoms with van der Waals surface area (Å²) in [5, 5.41) is 3.10. The summed E-state index contributed by atoms with van der Waals surface area (Å²) in [5.74, 6) is 0.533. The highest BCUT2D eigenvalue weighted by Crippen LogP contribution is 2.02. The van der Waals surface area contributed by atoms with E-state index in [1.165, 1.54) is 0 Å². The lowest BCUT2D eigenvalue weighted by atomic mass is 10.1. The van der Waals surface area contributed by atoms with E-state index in [4.69, 9.17) is 0 Å². The topological polar surface area (TPSA) is 58.2 Å². The maximum absolute atomic E-state index is 11.6. The molecule has 0 aromatic heterocycles. The lowest BCUT2D eigenvalue weighted by molar-refractivity contribution is 0.475. The molecule has 0 aliphatic rings. The summed E-state index contributed by atoms with van der Waals surface area (Å²) in [6.07, 6.45) is 0.661. The molecule has 0 amide bonds. The molecule has 0 heterocycles. The van der Waals surface area contributed by atoms with Gasteiger partial charge in [-0.1, -0.05) is 20.8 Å². The molecule has 0 aliphatic carbocycles. The standard InChI is InChI=1S/C10H24N2O2S/c1-5-11-7-6-8-15(13,14)12-10(4)9(2)3/h9-12H,5-8H2,1-4H3. The van der Waals surface area contributed by atoms with Gasteiger partial charge in [0.1, 0.15) is 0 Å². The maximum atomic E-state index is 11.6. The molecule has 1 atom stereocenters. The van der Waals surface area contributed by atoms with Crippen molar-refractivity contribution in [3.05, 3.63) is 0 Å². The van der Waals surface area contributed by atoms with Crippen LogP contribution in [-0.2, 0) is 10.0 Å². The highest BCUT2D eigenvalue weighted by atomic mass is 32.2. The van der Waals surface area contributed by atoms with Crippen LogP contribution in [0, 0.1) is 5.92 Å². The number of hydrogen-bond donors (Lipinski definition) is 2. The monoisotopic (exact) mass is 236 g/mol. The number of nitrogens with one attached hydrogen (secondary N) is 2. The summed E-state index contributed by atoms with van der Waals surface area (Å²) >= 11 is 0. The minimum atomic E-state index is -3.10. The summed E-state index contributed by atoms with van der Waals surface area (Å²) in [4.78, 5) is 0. The number of rotatable bonds is 8. The molecule has 0 rings (SSSR count). The fraction of sp³-hybridized carbons (Fsp3) is 1.00. The van der Waals surface area contributed by atoms with Crippen molar-refractivity contribution in [2.45, 2.75) is 40.2 Å². The van der Waals surface area contributed by atoms with Crippen molar-refractivity contribution in [1.82, 2.24) is 10.0 Å². The van der Waals surface area contributed by atoms with E-state index < -0.39 is 10.0 Å². The molecule has 2 N–H and O–H groups in total. The Labute approximate surface area is 93.9 Å². The average molecular weight is 236 g/mol. The lowest BCUT2D eigenvalue weighted by Gasteiger charge is -2.17. The molecule has 5 heteroatoms. The molecule has 0 aromatic carbocycles. The fourth-order valence-corrected chi connectivity index (χ4v) is 2.52. The van der Waals surface area contributed by atoms with Crippen molar-refractivity contribution >= 4 is 10.0 Å². The average Bonchev–Trinajstić information content (AvgIpc) is 2.11. The van der Waals surface area contributed by atoms with Gasteiger partial charge in [0.15, 0.2) is 0 Å². The van der Waals surface area contributed by atoms with Crippen LogP contribution >= 0.6 is 0 Å². The summed E-state index contributed by atoms with van der Waals surface area (Å²) in [7, 11) is -3.10. The smallest absolute Gasteiger partial charge is 0.211 e. The summed E-state index contributed by atoms with van der Waals surface area (Å²) in [5.41, 5.74) is 0. The van der Waals surface area contributed by atoms with Crippen LogP contribution in [0.2, 0.25) is 0 Å². The molecule has 4 nitrogen and oxygen atoms in total. The molecule has 92 valence electrons. The third-order valence-electron chi connectivity index (χ3n) is 2.38. The quantitative estimate of drug-likeness (QED) is 0.617. The first-order chi connectivity index (χ1) is 6.89. The van der Waals surface area contributed by atoms with E-state index in [1.54, 1.807) is 0 Å². The molecular weight excluding hydrogens is 212 g/mol. The Balaban J connectivity index is 3.87. The SMILES string of the molecule is CCNCCCS(=O)(=O)NC(C)C(C)C. The van der Waals surface area contributed by atoms with Crippen LogP contribution in [0.5, 0.6) is 0 Å². The molecule has 0 aliphatic heterocycles. The predicted octanol–water partition coefficient (Wildman–Crippen LogP) is 0.950. The van der Waals surface area contributed by atoms with E-state index in [9.17, 15) is 8.42 Å². The van der Waals surface area contributed by atoms with Crippen LogP contribution in [0.4, 0.5) is 0 Å². The largest absolute Gasteiger partial charge is 0.317 e. The van der Waals surface area contributed by atoms with E-state index in [2.05, 4.69) is 10.0 Å². The molecule has 15 heavy (non-hydrogen) atoms. The van der Waals surface area contributed by atoms with E-state index in [0.717, 1.165) is 13.1 Å². The van der Waals surface area contributed by atoms with Gasteiger partial charge in [-0.05, 0) is 32.4 Å². The van der Waals surface area contributed by atoms with Gasteiger partial charge in [0.25, 0.3) is 0 Å². The van der Waals surface area contributed by atoms with Gasteiger partial charge in [0.2, 0.25) is 10.0 Å². The summed E-state index contributed by atoms with van der Waals surface area (Å²) in [6.45, 7) is 9.56. The minimum absolute atomic E-state index is 0.00846. The van der Waals surface area contributed by atoms with Crippen molar-refractivity contribution in [1.29, 1.82) is 0 Å². The van der Waals surface area contributed by atoms with Gasteiger partial charge in [0, 0.05) is 6.04 Å². The van der Waals surface area contributed by atoms with E-state index in [1.807, 2.05) is 27.7 Å². The van der Waals surface area contributed by atoms with Gasteiger partial charge in [-0.3, -0.25) is 0 Å². The summed E-state index contributed by atoms with van der Waals surface area (Å²) < 4.78 is 25.8. The van der Waals surface area contributed by atoms with E-state index >= 15 is 0 Å². The normalized spacial score (nSPS) is 14.5. The molecule has 1 unspecified atom stereocenters. The second-order valence-electron chi connectivity index (χ2n) is 4.18. The first-order valence-electron chi connectivity index (χ1n) is 5.59. The zero-order valence-electron chi connectivity index (χ0n) is 10.2. The Morgan fingerprint density at radius 3 is 2.27 bits per heavy atom. The van der Waals surface area contributed by atoms with Crippen molar-refractivity contribution in [3.63, 3.8) is 0 Å². The predicted molar refractivity (Wildman–Crippen MR) is 64.4 cm³/mol. The van der Waals surface area contributed by atoms with Gasteiger partial charge in [0.05, 0.1) is 5.75 Å². The van der Waals surface area contributed by atoms with Gasteiger partial charge < -0.3 is 5.32 Å². The Bertz CT molecular complexity index is 250. The lowest BCUT2D eigenvalue weighted by Crippen LogP contribution is -2.38. The number of sulfonamides is 1. The first kappa shape index (κ1) is 14.9. The zero-order chi connectivity index (χ0) is 11.9. The first-order valence-corrected chi connectivity index (χ1v) is 7.25. The second kappa shape index (κ2) is 7.19. The molecule has 0 saturated carbocycles. The van der Waals surface area contributed by atoms with Gasteiger partial charge in [-0.15, -0.1) is 0 Å². The van der Waals surface area contributed by atoms with E-state index in [-0.39, 0.29) is 11.8 Å². The van der Waals surface area contributed by atoms with Gasteiger partial charge in [-0.25, -0.2) is 13.1 Å². The Morgan fingerprint density at radius 2 is 1.80 bits per heavy atom. The zero-order valence-corrected chi connectivity index (χ0v) is 11.0. The molecule has 0 fully saturated rings. The van der Waals surface area contributed by atoms with Gasteiger partial charge in [-0.2, -0.15) is 0 Å². The second-order valence-corrected chi connectivity index (χ2v) is 6.05. The maximum Gasteiger partial charge on any atom is 0.211 e. The Hall–Kier alpha value is -0.130. The third kappa shape index (κ3) is 7.76. The van der Waals surface area contributed by atoms with Crippen LogP contribution in [0.25, 0.3) is 0 Å². The molecule has 0 spiro atoms. The van der Waals surface area contributed by atoms with Crippen LogP contribution in [0.1, 0.15) is 34.1 Å². The van der Waals surface area contributed by atoms with Gasteiger partial charge >= 0.3 is 0 Å². The van der Waals surface area contributed by atoms with Crippen molar-refractivity contribution in [2.24, 2.45) is 5.92 Å². The van der Waals surface area contributed by atoms with E-state index in [0.29, 0.717) is 12.3 Å². The number of hydrogen-bond acceptors (Lipinski definition) is 3. The minimum Gasteiger partial charge on any atom is -0.317 e. The Morgan fingerprint density at radius 1 is 1.20 bits per heavy atom. The van der Waals surface area contributed by atoms with Crippen LogP contribution in [0.3, 0.4) is 0 Å².